The minimum absolute atomic E-state index is 0.0126. The average Bonchev–Trinajstić information content (AvgIpc) is 2.34. The van der Waals surface area contributed by atoms with Gasteiger partial charge in [-0.3, -0.25) is 0 Å². The van der Waals surface area contributed by atoms with E-state index in [0.29, 0.717) is 18.0 Å². The summed E-state index contributed by atoms with van der Waals surface area (Å²) in [6, 6.07) is 4.82. The molecule has 2 N–H and O–H groups in total. The maximum Gasteiger partial charge on any atom is 0.328 e. The fraction of sp³-hybridized carbons (Fsp3) is 0.308. The summed E-state index contributed by atoms with van der Waals surface area (Å²) in [4.78, 5) is 11.5. The molecule has 1 rings (SSSR count). The summed E-state index contributed by atoms with van der Waals surface area (Å²) >= 11 is 5.68. The van der Waals surface area contributed by atoms with Crippen LogP contribution in [0.4, 0.5) is 4.79 Å². The van der Waals surface area contributed by atoms with Crippen LogP contribution in [-0.4, -0.2) is 21.0 Å². The van der Waals surface area contributed by atoms with E-state index in [9.17, 15) is 13.2 Å². The van der Waals surface area contributed by atoms with Gasteiger partial charge in [0.15, 0.2) is 0 Å². The number of amides is 2. The minimum atomic E-state index is -3.87. The number of allylic oxidation sites excluding steroid dienone is 1. The first-order valence-corrected chi connectivity index (χ1v) is 7.87. The summed E-state index contributed by atoms with van der Waals surface area (Å²) in [6.45, 7) is 4.27. The van der Waals surface area contributed by atoms with Gasteiger partial charge in [-0.05, 0) is 44.5 Å². The number of carbonyl (C=O) groups excluding carboxylic acids is 1. The largest absolute Gasteiger partial charge is 0.337 e. The molecule has 0 atom stereocenters. The Bertz CT molecular complexity index is 591. The third-order valence-corrected chi connectivity index (χ3v) is 3.93. The van der Waals surface area contributed by atoms with Crippen molar-refractivity contribution in [2.75, 3.05) is 6.54 Å². The van der Waals surface area contributed by atoms with E-state index < -0.39 is 16.1 Å². The summed E-state index contributed by atoms with van der Waals surface area (Å²) in [5, 5.41) is 2.90. The molecule has 0 saturated heterocycles. The van der Waals surface area contributed by atoms with Crippen molar-refractivity contribution in [1.82, 2.24) is 10.0 Å². The van der Waals surface area contributed by atoms with E-state index in [0.717, 1.165) is 5.57 Å². The molecule has 110 valence electrons. The molecule has 0 aromatic heterocycles. The zero-order chi connectivity index (χ0) is 15.2. The first-order chi connectivity index (χ1) is 9.31. The van der Waals surface area contributed by atoms with Crippen LogP contribution < -0.4 is 10.0 Å². The second-order valence-electron chi connectivity index (χ2n) is 4.39. The molecule has 5 nitrogen and oxygen atoms in total. The van der Waals surface area contributed by atoms with Crippen LogP contribution in [0.15, 0.2) is 40.8 Å². The Morgan fingerprint density at radius 3 is 2.40 bits per heavy atom. The number of hydrogen-bond acceptors (Lipinski definition) is 3. The Labute approximate surface area is 124 Å². The molecule has 0 aliphatic heterocycles. The quantitative estimate of drug-likeness (QED) is 0.648. The van der Waals surface area contributed by atoms with E-state index in [4.69, 9.17) is 11.6 Å². The van der Waals surface area contributed by atoms with Gasteiger partial charge in [0.2, 0.25) is 0 Å². The van der Waals surface area contributed by atoms with Gasteiger partial charge < -0.3 is 5.32 Å². The number of rotatable bonds is 5. The molecule has 0 heterocycles. The summed E-state index contributed by atoms with van der Waals surface area (Å²) in [5.74, 6) is 0. The van der Waals surface area contributed by atoms with Crippen LogP contribution in [-0.2, 0) is 10.0 Å². The van der Waals surface area contributed by atoms with Crippen LogP contribution in [0.1, 0.15) is 20.3 Å². The molecule has 20 heavy (non-hydrogen) atoms. The first-order valence-electron chi connectivity index (χ1n) is 6.01. The predicted octanol–water partition coefficient (Wildman–Crippen LogP) is 2.68. The molecule has 0 bridgehead atoms. The lowest BCUT2D eigenvalue weighted by molar-refractivity contribution is 0.246. The molecule has 7 heteroatoms. The lowest BCUT2D eigenvalue weighted by Crippen LogP contribution is -2.39. The van der Waals surface area contributed by atoms with Gasteiger partial charge in [0.25, 0.3) is 10.0 Å². The third kappa shape index (κ3) is 5.63. The first kappa shape index (κ1) is 16.5. The predicted molar refractivity (Wildman–Crippen MR) is 79.2 cm³/mol. The molecule has 0 unspecified atom stereocenters. The van der Waals surface area contributed by atoms with E-state index in [1.165, 1.54) is 24.3 Å². The normalized spacial score (nSPS) is 10.8. The SMILES string of the molecule is CC(C)=CCCNC(=O)NS(=O)(=O)c1ccc(Cl)cc1. The molecule has 0 spiro atoms. The van der Waals surface area contributed by atoms with Crippen LogP contribution >= 0.6 is 11.6 Å². The number of halogens is 1. The highest BCUT2D eigenvalue weighted by molar-refractivity contribution is 7.90. The molecule has 0 aliphatic rings. The molecule has 0 fully saturated rings. The zero-order valence-electron chi connectivity index (χ0n) is 11.3. The van der Waals surface area contributed by atoms with E-state index in [1.807, 2.05) is 24.6 Å². The highest BCUT2D eigenvalue weighted by Crippen LogP contribution is 2.13. The van der Waals surface area contributed by atoms with Crippen LogP contribution in [0.25, 0.3) is 0 Å². The van der Waals surface area contributed by atoms with E-state index in [-0.39, 0.29) is 4.90 Å². The Balaban J connectivity index is 2.56. The van der Waals surface area contributed by atoms with Crippen molar-refractivity contribution in [3.63, 3.8) is 0 Å². The number of carbonyl (C=O) groups is 1. The molecule has 1 aromatic rings. The van der Waals surface area contributed by atoms with Crippen molar-refractivity contribution in [3.8, 4) is 0 Å². The fourth-order valence-electron chi connectivity index (χ4n) is 1.38. The van der Waals surface area contributed by atoms with Crippen molar-refractivity contribution < 1.29 is 13.2 Å². The summed E-state index contributed by atoms with van der Waals surface area (Å²) < 4.78 is 25.7. The minimum Gasteiger partial charge on any atom is -0.337 e. The summed E-state index contributed by atoms with van der Waals surface area (Å²) in [5.41, 5.74) is 1.14. The fourth-order valence-corrected chi connectivity index (χ4v) is 2.43. The topological polar surface area (TPSA) is 75.3 Å². The highest BCUT2D eigenvalue weighted by Gasteiger charge is 2.16. The maximum atomic E-state index is 11.9. The van der Waals surface area contributed by atoms with Gasteiger partial charge in [0.05, 0.1) is 4.90 Å². The van der Waals surface area contributed by atoms with E-state index in [1.54, 1.807) is 0 Å². The smallest absolute Gasteiger partial charge is 0.328 e. The van der Waals surface area contributed by atoms with Gasteiger partial charge in [-0.25, -0.2) is 17.9 Å². The number of urea groups is 1. The Morgan fingerprint density at radius 2 is 1.85 bits per heavy atom. The standard InChI is InChI=1S/C13H17ClN2O3S/c1-10(2)4-3-9-15-13(17)16-20(18,19)12-7-5-11(14)6-8-12/h4-8H,3,9H2,1-2H3,(H2,15,16,17). The number of benzene rings is 1. The molecule has 2 amide bonds. The van der Waals surface area contributed by atoms with Gasteiger partial charge in [-0.2, -0.15) is 0 Å². The van der Waals surface area contributed by atoms with Crippen molar-refractivity contribution in [3.05, 3.63) is 40.9 Å². The number of nitrogens with one attached hydrogen (secondary N) is 2. The van der Waals surface area contributed by atoms with Gasteiger partial charge in [-0.1, -0.05) is 23.3 Å². The number of hydrogen-bond donors (Lipinski definition) is 2. The Kier molecular flexibility index (Phi) is 6.04. The Morgan fingerprint density at radius 1 is 1.25 bits per heavy atom. The van der Waals surface area contributed by atoms with Crippen LogP contribution in [0.3, 0.4) is 0 Å². The highest BCUT2D eigenvalue weighted by atomic mass is 35.5. The van der Waals surface area contributed by atoms with Crippen molar-refractivity contribution >= 4 is 27.7 Å². The second kappa shape index (κ2) is 7.31. The number of sulfonamides is 1. The zero-order valence-corrected chi connectivity index (χ0v) is 12.9. The molecular weight excluding hydrogens is 300 g/mol. The monoisotopic (exact) mass is 316 g/mol. The summed E-state index contributed by atoms with van der Waals surface area (Å²) in [7, 11) is -3.87. The van der Waals surface area contributed by atoms with Gasteiger partial charge in [0.1, 0.15) is 0 Å². The van der Waals surface area contributed by atoms with Crippen molar-refractivity contribution in [1.29, 1.82) is 0 Å². The molecule has 0 saturated carbocycles. The van der Waals surface area contributed by atoms with Crippen LogP contribution in [0, 0.1) is 0 Å². The molecule has 1 aromatic carbocycles. The molecular formula is C13H17ClN2O3S. The van der Waals surface area contributed by atoms with Gasteiger partial charge in [-0.15, -0.1) is 0 Å². The molecule has 0 radical (unpaired) electrons. The third-order valence-electron chi connectivity index (χ3n) is 2.33. The maximum absolute atomic E-state index is 11.9. The molecule has 0 aliphatic carbocycles. The average molecular weight is 317 g/mol. The van der Waals surface area contributed by atoms with E-state index in [2.05, 4.69) is 5.32 Å². The Hall–Kier alpha value is -1.53. The van der Waals surface area contributed by atoms with Gasteiger partial charge >= 0.3 is 6.03 Å². The van der Waals surface area contributed by atoms with Crippen molar-refractivity contribution in [2.24, 2.45) is 0 Å². The lowest BCUT2D eigenvalue weighted by Gasteiger charge is -2.08. The van der Waals surface area contributed by atoms with Crippen LogP contribution in [0.5, 0.6) is 0 Å². The van der Waals surface area contributed by atoms with Crippen molar-refractivity contribution in [2.45, 2.75) is 25.2 Å². The summed E-state index contributed by atoms with van der Waals surface area (Å²) in [6.07, 6.45) is 2.60. The lowest BCUT2D eigenvalue weighted by atomic mass is 10.3. The van der Waals surface area contributed by atoms with Crippen LogP contribution in [0.2, 0.25) is 5.02 Å². The van der Waals surface area contributed by atoms with Gasteiger partial charge in [0, 0.05) is 11.6 Å². The second-order valence-corrected chi connectivity index (χ2v) is 6.50. The van der Waals surface area contributed by atoms with E-state index >= 15 is 0 Å².